The second-order valence-corrected chi connectivity index (χ2v) is 10.4. The molecule has 0 saturated heterocycles. The van der Waals surface area contributed by atoms with Crippen LogP contribution in [0.4, 0.5) is 0 Å². The van der Waals surface area contributed by atoms with Gasteiger partial charge >= 0.3 is 0 Å². The molecule has 0 aromatic heterocycles. The lowest BCUT2D eigenvalue weighted by Crippen LogP contribution is -2.30. The quantitative estimate of drug-likeness (QED) is 0.209. The van der Waals surface area contributed by atoms with E-state index in [2.05, 4.69) is 158 Å². The van der Waals surface area contributed by atoms with E-state index in [9.17, 15) is 0 Å². The summed E-state index contributed by atoms with van der Waals surface area (Å²) in [6.45, 7) is 0. The molecule has 1 heteroatoms. The topological polar surface area (TPSA) is 0 Å². The minimum Gasteiger partial charge on any atom is -0.0625 e. The third kappa shape index (κ3) is 5.09. The Morgan fingerprint density at radius 3 is 0.946 bits per heavy atom. The van der Waals surface area contributed by atoms with Crippen LogP contribution in [-0.2, 0) is 0 Å². The van der Waals surface area contributed by atoms with E-state index in [1.807, 2.05) is 0 Å². The van der Waals surface area contributed by atoms with Crippen LogP contribution in [0.15, 0.2) is 158 Å². The largest absolute Gasteiger partial charge is 0.123 e. The maximum Gasteiger partial charge on any atom is 0.123 e. The first kappa shape index (κ1) is 23.0. The number of hydrogen-bond donors (Lipinski definition) is 0. The van der Waals surface area contributed by atoms with Crippen molar-refractivity contribution in [2.75, 3.05) is 0 Å². The SMILES string of the molecule is c1ccc(-c2ccc(-c3ccccc3[Si]c3ccccc3-c3ccc(-c4ccccc4)cc3)cc2)cc1. The van der Waals surface area contributed by atoms with Crippen LogP contribution in [0.3, 0.4) is 0 Å². The molecular formula is C36H26Si. The molecule has 2 radical (unpaired) electrons. The van der Waals surface area contributed by atoms with Crippen molar-refractivity contribution >= 4 is 19.9 Å². The third-order valence-corrected chi connectivity index (χ3v) is 8.14. The summed E-state index contributed by atoms with van der Waals surface area (Å²) in [5, 5.41) is 2.73. The van der Waals surface area contributed by atoms with E-state index in [-0.39, 0.29) is 0 Å². The molecule has 6 aromatic rings. The fourth-order valence-corrected chi connectivity index (χ4v) is 6.15. The van der Waals surface area contributed by atoms with Gasteiger partial charge in [-0.3, -0.25) is 0 Å². The van der Waals surface area contributed by atoms with Crippen molar-refractivity contribution in [1.82, 2.24) is 0 Å². The van der Waals surface area contributed by atoms with Gasteiger partial charge in [0.15, 0.2) is 0 Å². The molecule has 0 N–H and O–H groups in total. The number of rotatable bonds is 6. The lowest BCUT2D eigenvalue weighted by atomic mass is 10.0. The van der Waals surface area contributed by atoms with E-state index in [1.54, 1.807) is 0 Å². The first-order chi connectivity index (χ1) is 18.3. The molecule has 0 aliphatic rings. The molecule has 0 spiro atoms. The van der Waals surface area contributed by atoms with Crippen LogP contribution in [0.1, 0.15) is 0 Å². The molecular weight excluding hydrogens is 460 g/mol. The van der Waals surface area contributed by atoms with Crippen molar-refractivity contribution in [3.05, 3.63) is 158 Å². The fraction of sp³-hybridized carbons (Fsp3) is 0. The molecule has 0 aliphatic heterocycles. The van der Waals surface area contributed by atoms with Gasteiger partial charge in [0, 0.05) is 0 Å². The lowest BCUT2D eigenvalue weighted by Gasteiger charge is -2.14. The van der Waals surface area contributed by atoms with Gasteiger partial charge in [-0.15, -0.1) is 0 Å². The molecule has 6 rings (SSSR count). The van der Waals surface area contributed by atoms with E-state index in [0.717, 1.165) is 0 Å². The fourth-order valence-electron chi connectivity index (χ4n) is 4.78. The minimum atomic E-state index is 0.566. The monoisotopic (exact) mass is 486 g/mol. The Labute approximate surface area is 221 Å². The van der Waals surface area contributed by atoms with Gasteiger partial charge < -0.3 is 0 Å². The molecule has 0 atom stereocenters. The second kappa shape index (κ2) is 10.7. The average Bonchev–Trinajstić information content (AvgIpc) is 2.99. The standard InChI is InChI=1S/C36H26Si/c1-3-11-27(12-4-1)29-19-23-31(24-20-29)33-15-7-9-17-35(33)37-36-18-10-8-16-34(36)32-25-21-30(22-26-32)28-13-5-2-6-14-28/h1-26H. The van der Waals surface area contributed by atoms with Crippen LogP contribution in [0, 0.1) is 0 Å². The first-order valence-corrected chi connectivity index (χ1v) is 13.6. The van der Waals surface area contributed by atoms with Gasteiger partial charge in [0.25, 0.3) is 0 Å². The van der Waals surface area contributed by atoms with E-state index >= 15 is 0 Å². The summed E-state index contributed by atoms with van der Waals surface area (Å²) in [7, 11) is 0.566. The maximum atomic E-state index is 2.27. The molecule has 6 aromatic carbocycles. The van der Waals surface area contributed by atoms with E-state index < -0.39 is 0 Å². The van der Waals surface area contributed by atoms with Gasteiger partial charge in [-0.05, 0) is 44.5 Å². The van der Waals surface area contributed by atoms with Gasteiger partial charge in [-0.1, -0.05) is 168 Å². The van der Waals surface area contributed by atoms with Crippen molar-refractivity contribution in [3.63, 3.8) is 0 Å². The summed E-state index contributed by atoms with van der Waals surface area (Å²) < 4.78 is 0. The van der Waals surface area contributed by atoms with Gasteiger partial charge in [-0.25, -0.2) is 0 Å². The van der Waals surface area contributed by atoms with Gasteiger partial charge in [-0.2, -0.15) is 0 Å². The molecule has 0 amide bonds. The second-order valence-electron chi connectivity index (χ2n) is 9.10. The highest BCUT2D eigenvalue weighted by molar-refractivity contribution is 6.70. The highest BCUT2D eigenvalue weighted by atomic mass is 28.2. The predicted molar refractivity (Wildman–Crippen MR) is 160 cm³/mol. The molecule has 37 heavy (non-hydrogen) atoms. The molecule has 0 bridgehead atoms. The summed E-state index contributed by atoms with van der Waals surface area (Å²) in [4.78, 5) is 0. The Balaban J connectivity index is 1.30. The summed E-state index contributed by atoms with van der Waals surface area (Å²) in [5.74, 6) is 0. The van der Waals surface area contributed by atoms with Gasteiger partial charge in [0.1, 0.15) is 9.52 Å². The van der Waals surface area contributed by atoms with Gasteiger partial charge in [0.2, 0.25) is 0 Å². The van der Waals surface area contributed by atoms with Crippen LogP contribution in [0.5, 0.6) is 0 Å². The van der Waals surface area contributed by atoms with Crippen LogP contribution in [0.25, 0.3) is 44.5 Å². The number of benzene rings is 6. The Morgan fingerprint density at radius 1 is 0.243 bits per heavy atom. The average molecular weight is 487 g/mol. The van der Waals surface area contributed by atoms with Crippen molar-refractivity contribution in [2.45, 2.75) is 0 Å². The smallest absolute Gasteiger partial charge is 0.0625 e. The molecule has 0 nitrogen and oxygen atoms in total. The van der Waals surface area contributed by atoms with E-state index in [1.165, 1.54) is 54.9 Å². The Kier molecular flexibility index (Phi) is 6.61. The van der Waals surface area contributed by atoms with Crippen LogP contribution in [0.2, 0.25) is 0 Å². The highest BCUT2D eigenvalue weighted by Crippen LogP contribution is 2.26. The Bertz CT molecular complexity index is 1480. The normalized spacial score (nSPS) is 10.8. The highest BCUT2D eigenvalue weighted by Gasteiger charge is 2.11. The van der Waals surface area contributed by atoms with E-state index in [4.69, 9.17) is 0 Å². The lowest BCUT2D eigenvalue weighted by molar-refractivity contribution is 1.60. The third-order valence-electron chi connectivity index (χ3n) is 6.73. The Hall–Kier alpha value is -4.46. The molecule has 0 heterocycles. The first-order valence-electron chi connectivity index (χ1n) is 12.6. The minimum absolute atomic E-state index is 0.566. The molecule has 174 valence electrons. The summed E-state index contributed by atoms with van der Waals surface area (Å²) in [6.07, 6.45) is 0. The summed E-state index contributed by atoms with van der Waals surface area (Å²) in [5.41, 5.74) is 10.1. The summed E-state index contributed by atoms with van der Waals surface area (Å²) in [6, 6.07) is 56.7. The van der Waals surface area contributed by atoms with Crippen LogP contribution in [-0.4, -0.2) is 9.52 Å². The Morgan fingerprint density at radius 2 is 0.541 bits per heavy atom. The zero-order valence-electron chi connectivity index (χ0n) is 20.5. The van der Waals surface area contributed by atoms with Crippen molar-refractivity contribution in [1.29, 1.82) is 0 Å². The zero-order valence-corrected chi connectivity index (χ0v) is 21.5. The summed E-state index contributed by atoms with van der Waals surface area (Å²) >= 11 is 0. The number of hydrogen-bond acceptors (Lipinski definition) is 0. The maximum absolute atomic E-state index is 2.27. The van der Waals surface area contributed by atoms with E-state index in [0.29, 0.717) is 9.52 Å². The molecule has 0 unspecified atom stereocenters. The van der Waals surface area contributed by atoms with Crippen molar-refractivity contribution < 1.29 is 0 Å². The van der Waals surface area contributed by atoms with Crippen LogP contribution < -0.4 is 10.4 Å². The zero-order chi connectivity index (χ0) is 24.9. The van der Waals surface area contributed by atoms with Crippen molar-refractivity contribution in [2.24, 2.45) is 0 Å². The molecule has 0 fully saturated rings. The van der Waals surface area contributed by atoms with Crippen LogP contribution >= 0.6 is 0 Å². The van der Waals surface area contributed by atoms with Crippen molar-refractivity contribution in [3.8, 4) is 44.5 Å². The predicted octanol–water partition coefficient (Wildman–Crippen LogP) is 8.01. The molecule has 0 aliphatic carbocycles. The molecule has 0 saturated carbocycles. The van der Waals surface area contributed by atoms with Gasteiger partial charge in [0.05, 0.1) is 0 Å².